The van der Waals surface area contributed by atoms with Gasteiger partial charge in [-0.1, -0.05) is 11.6 Å². The minimum atomic E-state index is -4.45. The van der Waals surface area contributed by atoms with Crippen LogP contribution < -0.4 is 10.6 Å². The van der Waals surface area contributed by atoms with Crippen LogP contribution in [-0.2, 0) is 11.0 Å². The van der Waals surface area contributed by atoms with Gasteiger partial charge in [-0.05, 0) is 43.2 Å². The van der Waals surface area contributed by atoms with Gasteiger partial charge in [-0.3, -0.25) is 4.79 Å². The van der Waals surface area contributed by atoms with Crippen molar-refractivity contribution >= 4 is 34.7 Å². The summed E-state index contributed by atoms with van der Waals surface area (Å²) < 4.78 is 38.3. The van der Waals surface area contributed by atoms with Crippen LogP contribution in [0, 0.1) is 5.92 Å². The summed E-state index contributed by atoms with van der Waals surface area (Å²) in [7, 11) is 0. The molecule has 0 bridgehead atoms. The predicted molar refractivity (Wildman–Crippen MR) is 85.3 cm³/mol. The van der Waals surface area contributed by atoms with Gasteiger partial charge >= 0.3 is 6.18 Å². The Morgan fingerprint density at radius 1 is 1.21 bits per heavy atom. The van der Waals surface area contributed by atoms with Crippen molar-refractivity contribution in [3.8, 4) is 0 Å². The van der Waals surface area contributed by atoms with Crippen molar-refractivity contribution in [1.82, 2.24) is 4.98 Å². The molecule has 0 unspecified atom stereocenters. The first-order valence-electron chi connectivity index (χ1n) is 7.23. The van der Waals surface area contributed by atoms with Crippen LogP contribution in [-0.4, -0.2) is 10.9 Å². The van der Waals surface area contributed by atoms with E-state index in [2.05, 4.69) is 15.6 Å². The Morgan fingerprint density at radius 3 is 2.54 bits per heavy atom. The second-order valence-corrected chi connectivity index (χ2v) is 5.92. The molecule has 1 aromatic heterocycles. The largest absolute Gasteiger partial charge is 0.416 e. The number of hydrogen-bond acceptors (Lipinski definition) is 3. The second kappa shape index (κ2) is 6.32. The van der Waals surface area contributed by atoms with Crippen LogP contribution in [0.3, 0.4) is 0 Å². The molecule has 0 saturated heterocycles. The lowest BCUT2D eigenvalue weighted by Gasteiger charge is -2.12. The molecule has 1 amide bonds. The van der Waals surface area contributed by atoms with Gasteiger partial charge in [0.1, 0.15) is 5.82 Å². The van der Waals surface area contributed by atoms with E-state index in [0.29, 0.717) is 11.5 Å². The summed E-state index contributed by atoms with van der Waals surface area (Å²) in [5, 5.41) is 5.62. The number of nitrogens with one attached hydrogen (secondary N) is 2. The van der Waals surface area contributed by atoms with Crippen LogP contribution in [0.15, 0.2) is 36.5 Å². The zero-order chi connectivity index (χ0) is 17.3. The molecule has 8 heteroatoms. The fourth-order valence-electron chi connectivity index (χ4n) is 2.07. The maximum absolute atomic E-state index is 12.8. The minimum absolute atomic E-state index is 0.0431. The molecule has 126 valence electrons. The first-order valence-corrected chi connectivity index (χ1v) is 7.61. The Kier molecular flexibility index (Phi) is 4.36. The van der Waals surface area contributed by atoms with E-state index in [4.69, 9.17) is 11.6 Å². The van der Waals surface area contributed by atoms with Gasteiger partial charge in [0.15, 0.2) is 0 Å². The van der Waals surface area contributed by atoms with E-state index in [1.165, 1.54) is 12.3 Å². The molecule has 1 fully saturated rings. The Balaban J connectivity index is 1.72. The number of nitrogens with zero attached hydrogens (tertiary/aromatic N) is 1. The highest BCUT2D eigenvalue weighted by molar-refractivity contribution is 6.33. The van der Waals surface area contributed by atoms with Crippen molar-refractivity contribution in [1.29, 1.82) is 0 Å². The number of carbonyl (C=O) groups is 1. The third kappa shape index (κ3) is 3.97. The van der Waals surface area contributed by atoms with E-state index in [1.807, 2.05) is 0 Å². The number of anilines is 3. The average molecular weight is 356 g/mol. The molecule has 0 atom stereocenters. The number of carbonyl (C=O) groups excluding carboxylic acids is 1. The molecule has 24 heavy (non-hydrogen) atoms. The first-order chi connectivity index (χ1) is 11.3. The summed E-state index contributed by atoms with van der Waals surface area (Å²) in [6.45, 7) is 0. The van der Waals surface area contributed by atoms with E-state index in [-0.39, 0.29) is 22.5 Å². The van der Waals surface area contributed by atoms with Gasteiger partial charge in [0.25, 0.3) is 0 Å². The molecule has 3 rings (SSSR count). The molecular weight excluding hydrogens is 343 g/mol. The highest BCUT2D eigenvalue weighted by atomic mass is 35.5. The topological polar surface area (TPSA) is 54.0 Å². The van der Waals surface area contributed by atoms with Gasteiger partial charge in [0.2, 0.25) is 5.91 Å². The lowest BCUT2D eigenvalue weighted by atomic mass is 10.2. The van der Waals surface area contributed by atoms with E-state index >= 15 is 0 Å². The van der Waals surface area contributed by atoms with Crippen molar-refractivity contribution in [3.05, 3.63) is 47.1 Å². The maximum atomic E-state index is 12.8. The van der Waals surface area contributed by atoms with Gasteiger partial charge in [-0.15, -0.1) is 0 Å². The van der Waals surface area contributed by atoms with Gasteiger partial charge in [0, 0.05) is 5.92 Å². The summed E-state index contributed by atoms with van der Waals surface area (Å²) in [5.41, 5.74) is -0.163. The van der Waals surface area contributed by atoms with Gasteiger partial charge in [-0.25, -0.2) is 4.98 Å². The number of amides is 1. The number of aromatic nitrogens is 1. The smallest absolute Gasteiger partial charge is 0.339 e. The first kappa shape index (κ1) is 16.6. The lowest BCUT2D eigenvalue weighted by Crippen LogP contribution is -2.13. The van der Waals surface area contributed by atoms with Crippen LogP contribution >= 0.6 is 11.6 Å². The third-order valence-electron chi connectivity index (χ3n) is 3.54. The molecule has 1 aromatic carbocycles. The van der Waals surface area contributed by atoms with Crippen molar-refractivity contribution in [3.63, 3.8) is 0 Å². The van der Waals surface area contributed by atoms with Crippen LogP contribution in [0.2, 0.25) is 5.02 Å². The van der Waals surface area contributed by atoms with Crippen LogP contribution in [0.1, 0.15) is 18.4 Å². The fraction of sp³-hybridized carbons (Fsp3) is 0.250. The lowest BCUT2D eigenvalue weighted by molar-refractivity contribution is -0.137. The molecule has 1 saturated carbocycles. The van der Waals surface area contributed by atoms with Gasteiger partial charge in [0.05, 0.1) is 28.2 Å². The summed E-state index contributed by atoms with van der Waals surface area (Å²) in [4.78, 5) is 15.7. The number of alkyl halides is 3. The quantitative estimate of drug-likeness (QED) is 0.824. The third-order valence-corrected chi connectivity index (χ3v) is 3.87. The van der Waals surface area contributed by atoms with Crippen LogP contribution in [0.4, 0.5) is 30.4 Å². The van der Waals surface area contributed by atoms with E-state index in [0.717, 1.165) is 25.0 Å². The Bertz CT molecular complexity index is 758. The summed E-state index contributed by atoms with van der Waals surface area (Å²) in [6.07, 6.45) is -1.23. The molecule has 1 heterocycles. The van der Waals surface area contributed by atoms with Gasteiger partial charge < -0.3 is 10.6 Å². The summed E-state index contributed by atoms with van der Waals surface area (Å²) in [5.74, 6) is 0.353. The predicted octanol–water partition coefficient (Wildman–Crippen LogP) is 4.85. The molecule has 4 nitrogen and oxygen atoms in total. The molecule has 1 aliphatic carbocycles. The number of halogens is 4. The fourth-order valence-corrected chi connectivity index (χ4v) is 2.23. The summed E-state index contributed by atoms with van der Waals surface area (Å²) in [6, 6.07) is 6.19. The second-order valence-electron chi connectivity index (χ2n) is 5.51. The van der Waals surface area contributed by atoms with Crippen molar-refractivity contribution in [2.24, 2.45) is 5.92 Å². The molecule has 1 aliphatic rings. The molecule has 0 aliphatic heterocycles. The Morgan fingerprint density at radius 2 is 1.96 bits per heavy atom. The van der Waals surface area contributed by atoms with Crippen molar-refractivity contribution < 1.29 is 18.0 Å². The Hall–Kier alpha value is -2.28. The maximum Gasteiger partial charge on any atom is 0.416 e. The van der Waals surface area contributed by atoms with Crippen LogP contribution in [0.5, 0.6) is 0 Å². The SMILES string of the molecule is O=C(Nc1ccc(Nc2cc(C(F)(F)F)ccc2Cl)nc1)C1CC1. The Labute approximate surface area is 141 Å². The number of hydrogen-bond donors (Lipinski definition) is 2. The van der Waals surface area contributed by atoms with E-state index in [9.17, 15) is 18.0 Å². The van der Waals surface area contributed by atoms with Crippen molar-refractivity contribution in [2.45, 2.75) is 19.0 Å². The normalized spacial score (nSPS) is 14.3. The highest BCUT2D eigenvalue weighted by Crippen LogP contribution is 2.35. The minimum Gasteiger partial charge on any atom is -0.339 e. The van der Waals surface area contributed by atoms with E-state index in [1.54, 1.807) is 12.1 Å². The van der Waals surface area contributed by atoms with Gasteiger partial charge in [-0.2, -0.15) is 13.2 Å². The summed E-state index contributed by atoms with van der Waals surface area (Å²) >= 11 is 5.92. The highest BCUT2D eigenvalue weighted by Gasteiger charge is 2.31. The monoisotopic (exact) mass is 355 g/mol. The zero-order valence-electron chi connectivity index (χ0n) is 12.3. The molecule has 2 N–H and O–H groups in total. The molecule has 2 aromatic rings. The van der Waals surface area contributed by atoms with Crippen molar-refractivity contribution in [2.75, 3.05) is 10.6 Å². The van der Waals surface area contributed by atoms with E-state index < -0.39 is 11.7 Å². The standard InChI is InChI=1S/C16H13ClF3N3O/c17-12-5-3-10(16(18,19)20)7-13(12)23-14-6-4-11(8-21-14)22-15(24)9-1-2-9/h3-9H,1-2H2,(H,21,23)(H,22,24). The molecule has 0 radical (unpaired) electrons. The average Bonchev–Trinajstić information content (AvgIpc) is 3.35. The number of benzene rings is 1. The number of rotatable bonds is 4. The molecular formula is C16H13ClF3N3O. The van der Waals surface area contributed by atoms with Crippen LogP contribution in [0.25, 0.3) is 0 Å². The zero-order valence-corrected chi connectivity index (χ0v) is 13.1. The number of pyridine rings is 1. The molecule has 0 spiro atoms.